The number of nitrogens with two attached hydrogens (primary N) is 2. The second kappa shape index (κ2) is 18.9. The average molecular weight is 699 g/mol. The first-order valence-electron chi connectivity index (χ1n) is 18.2. The van der Waals surface area contributed by atoms with Crippen LogP contribution < -0.4 is 22.1 Å². The third-order valence-corrected chi connectivity index (χ3v) is 11.3. The minimum Gasteiger partial charge on any atom is -0.329 e. The van der Waals surface area contributed by atoms with Gasteiger partial charge in [0.15, 0.2) is 0 Å². The van der Waals surface area contributed by atoms with Gasteiger partial charge in [0.2, 0.25) is 0 Å². The van der Waals surface area contributed by atoms with E-state index in [1.54, 1.807) is 0 Å². The lowest BCUT2D eigenvalue weighted by Gasteiger charge is -2.52. The molecule has 2 aromatic carbocycles. The monoisotopic (exact) mass is 698 g/mol. The van der Waals surface area contributed by atoms with Gasteiger partial charge in [-0.15, -0.1) is 0 Å². The largest absolute Gasteiger partial charge is 0.329 e. The van der Waals surface area contributed by atoms with Crippen molar-refractivity contribution in [3.05, 3.63) is 71.8 Å². The van der Waals surface area contributed by atoms with E-state index in [2.05, 4.69) is 119 Å². The molecule has 2 saturated heterocycles. The summed E-state index contributed by atoms with van der Waals surface area (Å²) >= 11 is 10.2. The smallest absolute Gasteiger partial charge is 0.0386 e. The molecule has 48 heavy (non-hydrogen) atoms. The van der Waals surface area contributed by atoms with Crippen molar-refractivity contribution in [1.29, 1.82) is 0 Å². The number of thiol groups is 2. The summed E-state index contributed by atoms with van der Waals surface area (Å²) in [5.74, 6) is 0.106. The Morgan fingerprint density at radius 2 is 0.938 bits per heavy atom. The molecule has 8 nitrogen and oxygen atoms in total. The molecule has 4 rings (SSSR count). The molecule has 0 bridgehead atoms. The molecule has 0 radical (unpaired) electrons. The highest BCUT2D eigenvalue weighted by molar-refractivity contribution is 7.82. The predicted octanol–water partition coefficient (Wildman–Crippen LogP) is 3.11. The van der Waals surface area contributed by atoms with Crippen molar-refractivity contribution in [2.45, 2.75) is 55.8 Å². The zero-order valence-corrected chi connectivity index (χ0v) is 32.1. The van der Waals surface area contributed by atoms with Gasteiger partial charge in [0, 0.05) is 138 Å². The number of rotatable bonds is 19. The molecule has 2 aromatic rings. The molecular weight excluding hydrogens is 633 g/mol. The first-order valence-corrected chi connectivity index (χ1v) is 19.1. The van der Waals surface area contributed by atoms with Crippen molar-refractivity contribution in [2.24, 2.45) is 23.3 Å². The van der Waals surface area contributed by atoms with Crippen LogP contribution in [0, 0.1) is 11.8 Å². The second-order valence-corrected chi connectivity index (χ2v) is 17.6. The van der Waals surface area contributed by atoms with Crippen LogP contribution in [-0.2, 0) is 13.1 Å². The molecule has 2 atom stereocenters. The number of piperazine rings is 2. The van der Waals surface area contributed by atoms with Crippen LogP contribution >= 0.6 is 25.3 Å². The topological polar surface area (TPSA) is 89.1 Å². The summed E-state index contributed by atoms with van der Waals surface area (Å²) in [6.45, 7) is 25.5. The minimum atomic E-state index is -0.650. The Kier molecular flexibility index (Phi) is 15.6. The van der Waals surface area contributed by atoms with Gasteiger partial charge < -0.3 is 22.1 Å². The fourth-order valence-corrected chi connectivity index (χ4v) is 8.38. The van der Waals surface area contributed by atoms with Gasteiger partial charge >= 0.3 is 0 Å². The lowest BCUT2D eigenvalue weighted by Crippen LogP contribution is -2.69. The van der Waals surface area contributed by atoms with Crippen LogP contribution in [0.15, 0.2) is 60.7 Å². The zero-order valence-electron chi connectivity index (χ0n) is 30.3. The number of hydrogen-bond donors (Lipinski definition) is 6. The van der Waals surface area contributed by atoms with Gasteiger partial charge in [-0.05, 0) is 11.1 Å². The standard InChI is InChI=1S/C38H66N8S2/c1-36(2,47)34(27-41-15-17-43-19-23-45(24-20-43)29-32-11-7-5-8-12-32)38(40,31-39)35(37(3,4)48)28-42-16-18-44-21-25-46(26-22-44)30-33-13-9-6-10-14-33/h5-14,34-35,41-42,47-48H,15-31,39-40H2,1-4H3. The second-order valence-electron chi connectivity index (χ2n) is 15.3. The van der Waals surface area contributed by atoms with E-state index in [1.807, 2.05) is 0 Å². The number of benzene rings is 2. The summed E-state index contributed by atoms with van der Waals surface area (Å²) < 4.78 is -0.637. The van der Waals surface area contributed by atoms with Crippen molar-refractivity contribution >= 4 is 25.3 Å². The fraction of sp³-hybridized carbons (Fsp3) is 0.684. The van der Waals surface area contributed by atoms with Crippen LogP contribution in [0.4, 0.5) is 0 Å². The molecule has 2 aliphatic rings. The maximum Gasteiger partial charge on any atom is 0.0386 e. The number of hydrogen-bond acceptors (Lipinski definition) is 10. The first kappa shape index (κ1) is 39.6. The first-order chi connectivity index (χ1) is 22.9. The Morgan fingerprint density at radius 1 is 0.604 bits per heavy atom. The van der Waals surface area contributed by atoms with E-state index in [4.69, 9.17) is 36.7 Å². The van der Waals surface area contributed by atoms with Crippen molar-refractivity contribution in [1.82, 2.24) is 30.2 Å². The van der Waals surface area contributed by atoms with E-state index < -0.39 is 5.54 Å². The Morgan fingerprint density at radius 3 is 1.25 bits per heavy atom. The molecule has 0 aliphatic carbocycles. The van der Waals surface area contributed by atoms with Crippen molar-refractivity contribution in [3.8, 4) is 0 Å². The van der Waals surface area contributed by atoms with E-state index in [9.17, 15) is 0 Å². The average Bonchev–Trinajstić information content (AvgIpc) is 3.05. The highest BCUT2D eigenvalue weighted by Gasteiger charge is 2.50. The van der Waals surface area contributed by atoms with Gasteiger partial charge in [-0.1, -0.05) is 88.4 Å². The van der Waals surface area contributed by atoms with E-state index in [-0.39, 0.29) is 21.3 Å². The van der Waals surface area contributed by atoms with Crippen LogP contribution in [0.5, 0.6) is 0 Å². The zero-order chi connectivity index (χ0) is 34.6. The van der Waals surface area contributed by atoms with Gasteiger partial charge in [0.05, 0.1) is 0 Å². The van der Waals surface area contributed by atoms with Crippen LogP contribution in [-0.4, -0.2) is 133 Å². The quantitative estimate of drug-likeness (QED) is 0.0987. The van der Waals surface area contributed by atoms with Crippen molar-refractivity contribution in [3.63, 3.8) is 0 Å². The Balaban J connectivity index is 1.22. The molecule has 6 N–H and O–H groups in total. The Hall–Kier alpha value is -1.18. The maximum absolute atomic E-state index is 7.43. The van der Waals surface area contributed by atoms with Crippen LogP contribution in [0.3, 0.4) is 0 Å². The molecule has 0 aromatic heterocycles. The summed E-state index contributed by atoms with van der Waals surface area (Å²) in [5, 5.41) is 7.54. The SMILES string of the molecule is CC(C)(S)C(CNCCN1CCN(Cc2ccccc2)CC1)C(N)(CN)C(CNCCN1CCN(Cc2ccccc2)CC1)C(C)(C)S. The summed E-state index contributed by atoms with van der Waals surface area (Å²) in [5.41, 5.74) is 16.2. The lowest BCUT2D eigenvalue weighted by molar-refractivity contribution is 0.113. The Bertz CT molecular complexity index is 1070. The maximum atomic E-state index is 7.43. The molecular formula is C38H66N8S2. The minimum absolute atomic E-state index is 0.0528. The normalized spacial score (nSPS) is 20.4. The van der Waals surface area contributed by atoms with Crippen LogP contribution in [0.2, 0.25) is 0 Å². The summed E-state index contributed by atoms with van der Waals surface area (Å²) in [6.07, 6.45) is 0. The summed E-state index contributed by atoms with van der Waals surface area (Å²) in [7, 11) is 0. The highest BCUT2D eigenvalue weighted by atomic mass is 32.1. The third kappa shape index (κ3) is 12.2. The van der Waals surface area contributed by atoms with Crippen molar-refractivity contribution in [2.75, 3.05) is 98.2 Å². The summed E-state index contributed by atoms with van der Waals surface area (Å²) in [6, 6.07) is 21.6. The number of nitrogens with zero attached hydrogens (tertiary/aromatic N) is 4. The predicted molar refractivity (Wildman–Crippen MR) is 211 cm³/mol. The van der Waals surface area contributed by atoms with Crippen molar-refractivity contribution < 1.29 is 0 Å². The van der Waals surface area contributed by atoms with E-state index >= 15 is 0 Å². The molecule has 0 spiro atoms. The van der Waals surface area contributed by atoms with Gasteiger partial charge in [-0.3, -0.25) is 19.6 Å². The molecule has 2 heterocycles. The fourth-order valence-electron chi connectivity index (χ4n) is 7.71. The molecule has 2 aliphatic heterocycles. The summed E-state index contributed by atoms with van der Waals surface area (Å²) in [4.78, 5) is 10.3. The molecule has 0 amide bonds. The highest BCUT2D eigenvalue weighted by Crippen LogP contribution is 2.41. The van der Waals surface area contributed by atoms with Crippen LogP contribution in [0.1, 0.15) is 38.8 Å². The van der Waals surface area contributed by atoms with E-state index in [0.717, 1.165) is 105 Å². The van der Waals surface area contributed by atoms with Gasteiger partial charge in [-0.25, -0.2) is 0 Å². The van der Waals surface area contributed by atoms with Crippen LogP contribution in [0.25, 0.3) is 0 Å². The van der Waals surface area contributed by atoms with E-state index in [1.165, 1.54) is 11.1 Å². The molecule has 0 saturated carbocycles. The molecule has 10 heteroatoms. The number of nitrogens with one attached hydrogen (secondary N) is 2. The lowest BCUT2D eigenvalue weighted by atomic mass is 9.65. The van der Waals surface area contributed by atoms with E-state index in [0.29, 0.717) is 6.54 Å². The van der Waals surface area contributed by atoms with Gasteiger partial charge in [0.1, 0.15) is 0 Å². The Labute approximate surface area is 303 Å². The molecule has 2 unspecified atom stereocenters. The van der Waals surface area contributed by atoms with Gasteiger partial charge in [-0.2, -0.15) is 25.3 Å². The van der Waals surface area contributed by atoms with Gasteiger partial charge in [0.25, 0.3) is 0 Å². The molecule has 2 fully saturated rings. The third-order valence-electron chi connectivity index (χ3n) is 10.7. The molecule has 270 valence electrons.